The number of halogens is 1. The Morgan fingerprint density at radius 3 is 2.76 bits per heavy atom. The van der Waals surface area contributed by atoms with Crippen LogP contribution < -0.4 is 5.32 Å². The predicted molar refractivity (Wildman–Crippen MR) is 85.6 cm³/mol. The van der Waals surface area contributed by atoms with Gasteiger partial charge in [-0.15, -0.1) is 0 Å². The minimum atomic E-state index is 0.441. The van der Waals surface area contributed by atoms with Crippen LogP contribution in [0.3, 0.4) is 0 Å². The molecule has 1 heterocycles. The van der Waals surface area contributed by atoms with Gasteiger partial charge >= 0.3 is 0 Å². The van der Waals surface area contributed by atoms with Crippen LogP contribution in [0.4, 0.5) is 0 Å². The first-order valence-electron chi connectivity index (χ1n) is 7.32. The molecule has 0 aliphatic heterocycles. The fourth-order valence-electron chi connectivity index (χ4n) is 2.14. The molecule has 0 amide bonds. The highest BCUT2D eigenvalue weighted by Gasteiger charge is 2.03. The Hall–Kier alpha value is -1.29. The van der Waals surface area contributed by atoms with E-state index in [-0.39, 0.29) is 0 Å². The zero-order valence-electron chi connectivity index (χ0n) is 12.3. The monoisotopic (exact) mass is 307 g/mol. The average molecular weight is 308 g/mol. The van der Waals surface area contributed by atoms with E-state index in [0.29, 0.717) is 12.6 Å². The van der Waals surface area contributed by atoms with Crippen LogP contribution in [0.1, 0.15) is 24.7 Å². The van der Waals surface area contributed by atoms with Gasteiger partial charge in [-0.1, -0.05) is 23.7 Å². The average Bonchev–Trinajstić information content (AvgIpc) is 2.98. The zero-order valence-corrected chi connectivity index (χ0v) is 13.1. The molecule has 114 valence electrons. The van der Waals surface area contributed by atoms with Crippen molar-refractivity contribution in [2.45, 2.75) is 32.4 Å². The Kier molecular flexibility index (Phi) is 6.80. The van der Waals surface area contributed by atoms with E-state index in [9.17, 15) is 0 Å². The van der Waals surface area contributed by atoms with Crippen molar-refractivity contribution < 1.29 is 9.15 Å². The van der Waals surface area contributed by atoms with Gasteiger partial charge in [-0.3, -0.25) is 0 Å². The summed E-state index contributed by atoms with van der Waals surface area (Å²) >= 11 is 5.88. The van der Waals surface area contributed by atoms with E-state index in [4.69, 9.17) is 20.8 Å². The van der Waals surface area contributed by atoms with Gasteiger partial charge in [-0.2, -0.15) is 0 Å². The molecule has 2 aromatic rings. The van der Waals surface area contributed by atoms with Gasteiger partial charge in [-0.05, 0) is 56.1 Å². The molecule has 1 aromatic heterocycles. The van der Waals surface area contributed by atoms with Gasteiger partial charge in [0.15, 0.2) is 0 Å². The van der Waals surface area contributed by atoms with Crippen molar-refractivity contribution >= 4 is 11.6 Å². The number of nitrogens with one attached hydrogen (secondary N) is 1. The molecule has 0 radical (unpaired) electrons. The van der Waals surface area contributed by atoms with E-state index in [0.717, 1.165) is 36.8 Å². The minimum Gasteiger partial charge on any atom is -0.467 e. The van der Waals surface area contributed by atoms with Crippen molar-refractivity contribution in [2.75, 3.05) is 13.2 Å². The van der Waals surface area contributed by atoms with Gasteiger partial charge in [0, 0.05) is 17.7 Å². The Balaban J connectivity index is 1.52. The highest BCUT2D eigenvalue weighted by Crippen LogP contribution is 2.11. The minimum absolute atomic E-state index is 0.441. The highest BCUT2D eigenvalue weighted by atomic mass is 35.5. The fraction of sp³-hybridized carbons (Fsp3) is 0.412. The SMILES string of the molecule is CC(Cc1ccc(Cl)cc1)NCCCOCc1ccco1. The molecule has 0 spiro atoms. The van der Waals surface area contributed by atoms with E-state index in [2.05, 4.69) is 24.4 Å². The summed E-state index contributed by atoms with van der Waals surface area (Å²) in [6.07, 6.45) is 3.66. The van der Waals surface area contributed by atoms with Crippen LogP contribution in [0.15, 0.2) is 47.1 Å². The number of rotatable bonds is 9. The third-order valence-electron chi connectivity index (χ3n) is 3.24. The lowest BCUT2D eigenvalue weighted by molar-refractivity contribution is 0.104. The summed E-state index contributed by atoms with van der Waals surface area (Å²) in [5.74, 6) is 0.874. The van der Waals surface area contributed by atoms with Gasteiger partial charge in [0.05, 0.1) is 6.26 Å². The van der Waals surface area contributed by atoms with Gasteiger partial charge in [-0.25, -0.2) is 0 Å². The highest BCUT2D eigenvalue weighted by molar-refractivity contribution is 6.30. The van der Waals surface area contributed by atoms with Crippen LogP contribution in [-0.4, -0.2) is 19.2 Å². The normalized spacial score (nSPS) is 12.5. The van der Waals surface area contributed by atoms with Crippen LogP contribution in [0.5, 0.6) is 0 Å². The predicted octanol–water partition coefficient (Wildman–Crippen LogP) is 4.06. The molecule has 3 nitrogen and oxygen atoms in total. The summed E-state index contributed by atoms with van der Waals surface area (Å²) in [7, 11) is 0. The summed E-state index contributed by atoms with van der Waals surface area (Å²) in [4.78, 5) is 0. The van der Waals surface area contributed by atoms with Crippen molar-refractivity contribution in [3.8, 4) is 0 Å². The molecule has 1 atom stereocenters. The lowest BCUT2D eigenvalue weighted by Crippen LogP contribution is -2.29. The third kappa shape index (κ3) is 6.34. The summed E-state index contributed by atoms with van der Waals surface area (Å²) in [6, 6.07) is 12.3. The Morgan fingerprint density at radius 1 is 1.24 bits per heavy atom. The standard InChI is InChI=1S/C17H22ClNO2/c1-14(12-15-5-7-16(18)8-6-15)19-9-3-10-20-13-17-4-2-11-21-17/h2,4-8,11,14,19H,3,9-10,12-13H2,1H3. The number of benzene rings is 1. The van der Waals surface area contributed by atoms with Gasteiger partial charge in [0.25, 0.3) is 0 Å². The molecule has 4 heteroatoms. The molecule has 0 aliphatic carbocycles. The lowest BCUT2D eigenvalue weighted by atomic mass is 10.1. The van der Waals surface area contributed by atoms with E-state index >= 15 is 0 Å². The molecule has 0 fully saturated rings. The largest absolute Gasteiger partial charge is 0.467 e. The Morgan fingerprint density at radius 2 is 2.05 bits per heavy atom. The van der Waals surface area contributed by atoms with Crippen LogP contribution in [0.2, 0.25) is 5.02 Å². The van der Waals surface area contributed by atoms with E-state index in [1.54, 1.807) is 6.26 Å². The molecule has 0 aliphatic rings. The molecule has 1 aromatic carbocycles. The zero-order chi connectivity index (χ0) is 14.9. The van der Waals surface area contributed by atoms with Crippen molar-refractivity contribution in [3.63, 3.8) is 0 Å². The topological polar surface area (TPSA) is 34.4 Å². The maximum absolute atomic E-state index is 5.88. The molecule has 2 rings (SSSR count). The number of hydrogen-bond donors (Lipinski definition) is 1. The van der Waals surface area contributed by atoms with Crippen LogP contribution in [0.25, 0.3) is 0 Å². The Labute approximate surface area is 131 Å². The molecule has 21 heavy (non-hydrogen) atoms. The second-order valence-corrected chi connectivity index (χ2v) is 5.61. The van der Waals surface area contributed by atoms with E-state index in [1.807, 2.05) is 24.3 Å². The summed E-state index contributed by atoms with van der Waals surface area (Å²) < 4.78 is 10.7. The smallest absolute Gasteiger partial charge is 0.129 e. The van der Waals surface area contributed by atoms with Crippen molar-refractivity contribution in [1.82, 2.24) is 5.32 Å². The molecule has 1 N–H and O–H groups in total. The maximum Gasteiger partial charge on any atom is 0.129 e. The van der Waals surface area contributed by atoms with Crippen molar-refractivity contribution in [3.05, 3.63) is 59.0 Å². The van der Waals surface area contributed by atoms with Gasteiger partial charge < -0.3 is 14.5 Å². The Bertz CT molecular complexity index is 496. The lowest BCUT2D eigenvalue weighted by Gasteiger charge is -2.14. The second-order valence-electron chi connectivity index (χ2n) is 5.17. The first-order chi connectivity index (χ1) is 10.2. The van der Waals surface area contributed by atoms with Crippen LogP contribution >= 0.6 is 11.6 Å². The molecule has 1 unspecified atom stereocenters. The number of furan rings is 1. The van der Waals surface area contributed by atoms with Crippen molar-refractivity contribution in [2.24, 2.45) is 0 Å². The number of ether oxygens (including phenoxy) is 1. The van der Waals surface area contributed by atoms with Crippen LogP contribution in [0, 0.1) is 0 Å². The van der Waals surface area contributed by atoms with E-state index in [1.165, 1.54) is 5.56 Å². The summed E-state index contributed by atoms with van der Waals surface area (Å²) in [5.41, 5.74) is 1.30. The number of hydrogen-bond acceptors (Lipinski definition) is 3. The molecular formula is C17H22ClNO2. The van der Waals surface area contributed by atoms with Crippen LogP contribution in [-0.2, 0) is 17.8 Å². The fourth-order valence-corrected chi connectivity index (χ4v) is 2.26. The van der Waals surface area contributed by atoms with E-state index < -0.39 is 0 Å². The molecular weight excluding hydrogens is 286 g/mol. The maximum atomic E-state index is 5.88. The summed E-state index contributed by atoms with van der Waals surface area (Å²) in [5, 5.41) is 4.29. The molecule has 0 saturated heterocycles. The first-order valence-corrected chi connectivity index (χ1v) is 7.70. The summed E-state index contributed by atoms with van der Waals surface area (Å²) in [6.45, 7) is 4.43. The second kappa shape index (κ2) is 8.88. The third-order valence-corrected chi connectivity index (χ3v) is 3.49. The molecule has 0 saturated carbocycles. The van der Waals surface area contributed by atoms with Gasteiger partial charge in [0.2, 0.25) is 0 Å². The first kappa shape index (κ1) is 16.1. The quantitative estimate of drug-likeness (QED) is 0.709. The van der Waals surface area contributed by atoms with Crippen molar-refractivity contribution in [1.29, 1.82) is 0 Å². The molecule has 0 bridgehead atoms. The van der Waals surface area contributed by atoms with Gasteiger partial charge in [0.1, 0.15) is 12.4 Å².